The van der Waals surface area contributed by atoms with Crippen LogP contribution in [0.4, 0.5) is 0 Å². The van der Waals surface area contributed by atoms with Crippen molar-refractivity contribution in [2.75, 3.05) is 0 Å². The van der Waals surface area contributed by atoms with Gasteiger partial charge in [-0.25, -0.2) is 4.79 Å². The zero-order valence-corrected chi connectivity index (χ0v) is 13.6. The fourth-order valence-electron chi connectivity index (χ4n) is 2.34. The molecule has 1 aromatic heterocycles. The number of hydrogen-bond acceptors (Lipinski definition) is 3. The second kappa shape index (κ2) is 7.34. The van der Waals surface area contributed by atoms with E-state index in [4.69, 9.17) is 21.1 Å². The summed E-state index contributed by atoms with van der Waals surface area (Å²) < 4.78 is 5.81. The van der Waals surface area contributed by atoms with Crippen molar-refractivity contribution in [3.8, 4) is 11.3 Å². The first-order chi connectivity index (χ1) is 11.6. The Morgan fingerprint density at radius 3 is 2.33 bits per heavy atom. The van der Waals surface area contributed by atoms with Crippen molar-refractivity contribution in [3.05, 3.63) is 82.6 Å². The topological polar surface area (TPSA) is 62.5 Å². The van der Waals surface area contributed by atoms with Gasteiger partial charge in [0.1, 0.15) is 11.5 Å². The van der Waals surface area contributed by atoms with Crippen molar-refractivity contribution in [1.82, 2.24) is 5.32 Å². The third-order valence-corrected chi connectivity index (χ3v) is 3.87. The Labute approximate surface area is 144 Å². The van der Waals surface area contributed by atoms with Gasteiger partial charge in [0, 0.05) is 17.1 Å². The average molecular weight is 342 g/mol. The van der Waals surface area contributed by atoms with Gasteiger partial charge in [0.2, 0.25) is 0 Å². The standard InChI is InChI=1S/C19H16ClNO3/c20-16-7-5-14(6-8-16)18-10-9-17(24-18)12-21-11-13-1-3-15(4-2-13)19(22)23/h1-10,21H,11-12H2,(H,22,23). The molecule has 0 aliphatic heterocycles. The van der Waals surface area contributed by atoms with E-state index in [2.05, 4.69) is 5.32 Å². The number of benzene rings is 2. The molecule has 0 aliphatic rings. The van der Waals surface area contributed by atoms with Crippen molar-refractivity contribution in [2.24, 2.45) is 0 Å². The van der Waals surface area contributed by atoms with E-state index in [9.17, 15) is 4.79 Å². The van der Waals surface area contributed by atoms with Crippen molar-refractivity contribution in [1.29, 1.82) is 0 Å². The van der Waals surface area contributed by atoms with Crippen molar-refractivity contribution >= 4 is 17.6 Å². The normalized spacial score (nSPS) is 10.7. The Kier molecular flexibility index (Phi) is 4.99. The number of furan rings is 1. The maximum Gasteiger partial charge on any atom is 0.335 e. The molecule has 0 bridgehead atoms. The van der Waals surface area contributed by atoms with Gasteiger partial charge >= 0.3 is 5.97 Å². The van der Waals surface area contributed by atoms with Crippen LogP contribution in [0.15, 0.2) is 65.1 Å². The summed E-state index contributed by atoms with van der Waals surface area (Å²) in [5.41, 5.74) is 2.29. The van der Waals surface area contributed by atoms with E-state index in [-0.39, 0.29) is 5.56 Å². The summed E-state index contributed by atoms with van der Waals surface area (Å²) in [6, 6.07) is 18.2. The number of hydrogen-bond donors (Lipinski definition) is 2. The summed E-state index contributed by atoms with van der Waals surface area (Å²) in [6.07, 6.45) is 0. The second-order valence-electron chi connectivity index (χ2n) is 5.38. The van der Waals surface area contributed by atoms with Gasteiger partial charge in [0.15, 0.2) is 0 Å². The first-order valence-electron chi connectivity index (χ1n) is 7.49. The summed E-state index contributed by atoms with van der Waals surface area (Å²) in [5.74, 6) is 0.719. The Bertz CT molecular complexity index is 823. The lowest BCUT2D eigenvalue weighted by Crippen LogP contribution is -2.12. The van der Waals surface area contributed by atoms with Crippen LogP contribution in [-0.4, -0.2) is 11.1 Å². The van der Waals surface area contributed by atoms with Gasteiger partial charge in [0.25, 0.3) is 0 Å². The van der Waals surface area contributed by atoms with Gasteiger partial charge in [-0.05, 0) is 54.1 Å². The zero-order valence-electron chi connectivity index (χ0n) is 12.8. The van der Waals surface area contributed by atoms with Crippen LogP contribution in [0, 0.1) is 0 Å². The van der Waals surface area contributed by atoms with E-state index in [1.54, 1.807) is 24.3 Å². The van der Waals surface area contributed by atoms with E-state index in [0.29, 0.717) is 18.1 Å². The Balaban J connectivity index is 1.55. The molecule has 0 saturated carbocycles. The van der Waals surface area contributed by atoms with Gasteiger partial charge in [0.05, 0.1) is 12.1 Å². The fourth-order valence-corrected chi connectivity index (χ4v) is 2.46. The highest BCUT2D eigenvalue weighted by molar-refractivity contribution is 6.30. The van der Waals surface area contributed by atoms with Crippen molar-refractivity contribution in [3.63, 3.8) is 0 Å². The quantitative estimate of drug-likeness (QED) is 0.688. The molecule has 0 unspecified atom stereocenters. The molecule has 2 aromatic carbocycles. The van der Waals surface area contributed by atoms with E-state index in [1.165, 1.54) is 0 Å². The van der Waals surface area contributed by atoms with E-state index >= 15 is 0 Å². The Hall–Kier alpha value is -2.56. The van der Waals surface area contributed by atoms with Crippen LogP contribution in [-0.2, 0) is 13.1 Å². The molecule has 0 saturated heterocycles. The van der Waals surface area contributed by atoms with Gasteiger partial charge < -0.3 is 14.8 Å². The largest absolute Gasteiger partial charge is 0.478 e. The molecule has 0 aliphatic carbocycles. The Morgan fingerprint density at radius 2 is 1.67 bits per heavy atom. The lowest BCUT2D eigenvalue weighted by molar-refractivity contribution is 0.0697. The number of carboxylic acid groups (broad SMARTS) is 1. The van der Waals surface area contributed by atoms with Crippen LogP contribution in [0.25, 0.3) is 11.3 Å². The molecule has 0 atom stereocenters. The molecule has 5 heteroatoms. The molecule has 0 spiro atoms. The molecule has 3 rings (SSSR count). The molecule has 122 valence electrons. The van der Waals surface area contributed by atoms with Crippen LogP contribution < -0.4 is 5.32 Å². The predicted molar refractivity (Wildman–Crippen MR) is 93.1 cm³/mol. The lowest BCUT2D eigenvalue weighted by Gasteiger charge is -2.04. The van der Waals surface area contributed by atoms with Crippen LogP contribution in [0.1, 0.15) is 21.7 Å². The summed E-state index contributed by atoms with van der Waals surface area (Å²) in [4.78, 5) is 10.8. The smallest absolute Gasteiger partial charge is 0.335 e. The van der Waals surface area contributed by atoms with Crippen molar-refractivity contribution in [2.45, 2.75) is 13.1 Å². The van der Waals surface area contributed by atoms with Gasteiger partial charge in [-0.2, -0.15) is 0 Å². The molecule has 3 aromatic rings. The molecule has 24 heavy (non-hydrogen) atoms. The van der Waals surface area contributed by atoms with E-state index in [1.807, 2.05) is 36.4 Å². The predicted octanol–water partition coefficient (Wildman–Crippen LogP) is 4.59. The molecular weight excluding hydrogens is 326 g/mol. The zero-order chi connectivity index (χ0) is 16.9. The minimum absolute atomic E-state index is 0.289. The van der Waals surface area contributed by atoms with Crippen molar-refractivity contribution < 1.29 is 14.3 Å². The molecule has 0 amide bonds. The molecule has 2 N–H and O–H groups in total. The monoisotopic (exact) mass is 341 g/mol. The Morgan fingerprint density at radius 1 is 0.958 bits per heavy atom. The molecular formula is C19H16ClNO3. The lowest BCUT2D eigenvalue weighted by atomic mass is 10.1. The SMILES string of the molecule is O=C(O)c1ccc(CNCc2ccc(-c3ccc(Cl)cc3)o2)cc1. The van der Waals surface area contributed by atoms with Crippen LogP contribution in [0.2, 0.25) is 5.02 Å². The summed E-state index contributed by atoms with van der Waals surface area (Å²) in [6.45, 7) is 1.23. The number of halogens is 1. The molecule has 4 nitrogen and oxygen atoms in total. The third kappa shape index (κ3) is 4.04. The summed E-state index contributed by atoms with van der Waals surface area (Å²) in [7, 11) is 0. The van der Waals surface area contributed by atoms with Gasteiger partial charge in [-0.15, -0.1) is 0 Å². The average Bonchev–Trinajstić information content (AvgIpc) is 3.05. The van der Waals surface area contributed by atoms with Crippen LogP contribution in [0.5, 0.6) is 0 Å². The first-order valence-corrected chi connectivity index (χ1v) is 7.87. The third-order valence-electron chi connectivity index (χ3n) is 3.62. The second-order valence-corrected chi connectivity index (χ2v) is 5.81. The van der Waals surface area contributed by atoms with Crippen LogP contribution >= 0.6 is 11.6 Å². The fraction of sp³-hybridized carbons (Fsp3) is 0.105. The number of aromatic carboxylic acids is 1. The molecule has 0 fully saturated rings. The number of nitrogens with one attached hydrogen (secondary N) is 1. The van der Waals surface area contributed by atoms with Gasteiger partial charge in [-0.1, -0.05) is 23.7 Å². The molecule has 1 heterocycles. The highest BCUT2D eigenvalue weighted by Gasteiger charge is 2.05. The minimum atomic E-state index is -0.917. The number of rotatable bonds is 6. The maximum absolute atomic E-state index is 10.8. The summed E-state index contributed by atoms with van der Waals surface area (Å²) in [5, 5.41) is 12.9. The van der Waals surface area contributed by atoms with Crippen LogP contribution in [0.3, 0.4) is 0 Å². The van der Waals surface area contributed by atoms with E-state index < -0.39 is 5.97 Å². The highest BCUT2D eigenvalue weighted by atomic mass is 35.5. The molecule has 0 radical (unpaired) electrons. The maximum atomic E-state index is 10.8. The minimum Gasteiger partial charge on any atom is -0.478 e. The van der Waals surface area contributed by atoms with Gasteiger partial charge in [-0.3, -0.25) is 0 Å². The summed E-state index contributed by atoms with van der Waals surface area (Å²) >= 11 is 5.88. The number of carbonyl (C=O) groups is 1. The number of carboxylic acids is 1. The first kappa shape index (κ1) is 16.3. The highest BCUT2D eigenvalue weighted by Crippen LogP contribution is 2.23. The van der Waals surface area contributed by atoms with E-state index in [0.717, 1.165) is 22.6 Å².